The maximum absolute atomic E-state index is 12.9. The normalized spacial score (nSPS) is 13.0. The average Bonchev–Trinajstić information content (AvgIpc) is 2.23. The van der Waals surface area contributed by atoms with E-state index in [-0.39, 0.29) is 0 Å². The van der Waals surface area contributed by atoms with Crippen LogP contribution >= 0.6 is 0 Å². The van der Waals surface area contributed by atoms with Crippen molar-refractivity contribution in [2.24, 2.45) is 5.73 Å². The van der Waals surface area contributed by atoms with E-state index in [0.29, 0.717) is 0 Å². The number of hydrogen-bond donors (Lipinski definition) is 2. The zero-order valence-electron chi connectivity index (χ0n) is 7.20. The second-order valence-corrected chi connectivity index (χ2v) is 2.77. The molecule has 3 N–H and O–H groups in total. The molecule has 0 fully saturated rings. The number of halogens is 5. The van der Waals surface area contributed by atoms with E-state index in [1.807, 2.05) is 0 Å². The third-order valence-corrected chi connectivity index (χ3v) is 1.81. The quantitative estimate of drug-likeness (QED) is 0.455. The molecule has 0 heterocycles. The van der Waals surface area contributed by atoms with Crippen molar-refractivity contribution in [2.75, 3.05) is 6.61 Å². The van der Waals surface area contributed by atoms with Gasteiger partial charge in [0, 0.05) is 5.56 Å². The van der Waals surface area contributed by atoms with E-state index in [0.717, 1.165) is 0 Å². The van der Waals surface area contributed by atoms with E-state index in [4.69, 9.17) is 10.8 Å². The summed E-state index contributed by atoms with van der Waals surface area (Å²) in [6, 6.07) is -1.66. The molecule has 0 amide bonds. The molecule has 7 heteroatoms. The average molecular weight is 227 g/mol. The van der Waals surface area contributed by atoms with Crippen LogP contribution in [0.1, 0.15) is 11.6 Å². The summed E-state index contributed by atoms with van der Waals surface area (Å²) in [5.41, 5.74) is 3.78. The van der Waals surface area contributed by atoms with Crippen LogP contribution in [0, 0.1) is 29.1 Å². The summed E-state index contributed by atoms with van der Waals surface area (Å²) in [4.78, 5) is 0. The highest BCUT2D eigenvalue weighted by Gasteiger charge is 2.28. The molecule has 0 saturated carbocycles. The van der Waals surface area contributed by atoms with Gasteiger partial charge >= 0.3 is 0 Å². The van der Waals surface area contributed by atoms with Crippen LogP contribution in [0.3, 0.4) is 0 Å². The maximum atomic E-state index is 12.9. The summed E-state index contributed by atoms with van der Waals surface area (Å²) in [6.45, 7) is -0.932. The van der Waals surface area contributed by atoms with Gasteiger partial charge in [-0.05, 0) is 0 Å². The fourth-order valence-electron chi connectivity index (χ4n) is 1.04. The predicted molar refractivity (Wildman–Crippen MR) is 40.2 cm³/mol. The van der Waals surface area contributed by atoms with Gasteiger partial charge in [0.15, 0.2) is 23.3 Å². The van der Waals surface area contributed by atoms with Crippen LogP contribution in [-0.4, -0.2) is 11.7 Å². The highest BCUT2D eigenvalue weighted by Crippen LogP contribution is 2.26. The van der Waals surface area contributed by atoms with Crippen LogP contribution < -0.4 is 5.73 Å². The third-order valence-electron chi connectivity index (χ3n) is 1.81. The van der Waals surface area contributed by atoms with Gasteiger partial charge in [-0.3, -0.25) is 0 Å². The largest absolute Gasteiger partial charge is 0.394 e. The van der Waals surface area contributed by atoms with Crippen LogP contribution in [0.15, 0.2) is 0 Å². The van der Waals surface area contributed by atoms with Crippen molar-refractivity contribution in [3.8, 4) is 0 Å². The lowest BCUT2D eigenvalue weighted by Gasteiger charge is -2.12. The zero-order valence-corrected chi connectivity index (χ0v) is 7.20. The Morgan fingerprint density at radius 2 is 1.20 bits per heavy atom. The Bertz CT molecular complexity index is 366. The highest BCUT2D eigenvalue weighted by molar-refractivity contribution is 5.26. The first-order valence-corrected chi connectivity index (χ1v) is 3.79. The minimum atomic E-state index is -2.25. The standard InChI is InChI=1S/C8H6F5NO/c9-4-3(2(14)1-15)5(10)7(12)8(13)6(4)11/h2,15H,1,14H2/t2-/m1/s1. The molecule has 1 aromatic rings. The molecule has 1 rings (SSSR count). The Kier molecular flexibility index (Phi) is 3.25. The summed E-state index contributed by atoms with van der Waals surface area (Å²) in [5.74, 6) is -10.4. The second kappa shape index (κ2) is 4.11. The SMILES string of the molecule is N[C@H](CO)c1c(F)c(F)c(F)c(F)c1F. The number of aliphatic hydroxyl groups is 1. The minimum Gasteiger partial charge on any atom is -0.394 e. The van der Waals surface area contributed by atoms with Crippen molar-refractivity contribution in [3.63, 3.8) is 0 Å². The summed E-state index contributed by atoms with van der Waals surface area (Å²) in [6.07, 6.45) is 0. The molecule has 2 nitrogen and oxygen atoms in total. The molecular weight excluding hydrogens is 221 g/mol. The van der Waals surface area contributed by atoms with Crippen molar-refractivity contribution in [1.82, 2.24) is 0 Å². The van der Waals surface area contributed by atoms with Gasteiger partial charge in [-0.15, -0.1) is 0 Å². The molecule has 0 saturated heterocycles. The Hall–Kier alpha value is -1.21. The topological polar surface area (TPSA) is 46.2 Å². The molecule has 0 radical (unpaired) electrons. The summed E-state index contributed by atoms with van der Waals surface area (Å²) in [7, 11) is 0. The minimum absolute atomic E-state index is 0.932. The fourth-order valence-corrected chi connectivity index (χ4v) is 1.04. The first-order chi connectivity index (χ1) is 6.91. The summed E-state index contributed by atoms with van der Waals surface area (Å²) in [5, 5.41) is 8.49. The molecular formula is C8H6F5NO. The molecule has 0 bridgehead atoms. The van der Waals surface area contributed by atoms with Gasteiger partial charge in [0.05, 0.1) is 12.6 Å². The van der Waals surface area contributed by atoms with Gasteiger partial charge in [0.1, 0.15) is 0 Å². The molecule has 0 aromatic heterocycles. The molecule has 0 unspecified atom stereocenters. The lowest BCUT2D eigenvalue weighted by Crippen LogP contribution is -2.20. The molecule has 0 aliphatic carbocycles. The van der Waals surface area contributed by atoms with E-state index < -0.39 is 47.3 Å². The van der Waals surface area contributed by atoms with E-state index in [9.17, 15) is 22.0 Å². The van der Waals surface area contributed by atoms with E-state index in [1.54, 1.807) is 0 Å². The molecule has 0 aliphatic heterocycles. The van der Waals surface area contributed by atoms with Crippen LogP contribution in [-0.2, 0) is 0 Å². The maximum Gasteiger partial charge on any atom is 0.200 e. The Morgan fingerprint density at radius 1 is 0.867 bits per heavy atom. The van der Waals surface area contributed by atoms with Crippen LogP contribution in [0.4, 0.5) is 22.0 Å². The van der Waals surface area contributed by atoms with Crippen molar-refractivity contribution < 1.29 is 27.1 Å². The Morgan fingerprint density at radius 3 is 1.53 bits per heavy atom. The summed E-state index contributed by atoms with van der Waals surface area (Å²) >= 11 is 0. The lowest BCUT2D eigenvalue weighted by molar-refractivity contribution is 0.257. The Labute approximate surface area is 81.1 Å². The van der Waals surface area contributed by atoms with Gasteiger partial charge in [-0.1, -0.05) is 0 Å². The van der Waals surface area contributed by atoms with Gasteiger partial charge in [-0.25, -0.2) is 22.0 Å². The third kappa shape index (κ3) is 1.80. The van der Waals surface area contributed by atoms with Gasteiger partial charge in [-0.2, -0.15) is 0 Å². The van der Waals surface area contributed by atoms with Gasteiger partial charge in [0.2, 0.25) is 5.82 Å². The second-order valence-electron chi connectivity index (χ2n) is 2.77. The Balaban J connectivity index is 3.52. The monoisotopic (exact) mass is 227 g/mol. The predicted octanol–water partition coefficient (Wildman–Crippen LogP) is 1.37. The van der Waals surface area contributed by atoms with Gasteiger partial charge < -0.3 is 10.8 Å². The lowest BCUT2D eigenvalue weighted by atomic mass is 10.1. The van der Waals surface area contributed by atoms with Crippen LogP contribution in [0.2, 0.25) is 0 Å². The van der Waals surface area contributed by atoms with Crippen molar-refractivity contribution >= 4 is 0 Å². The molecule has 1 aromatic carbocycles. The molecule has 0 aliphatic rings. The number of rotatable bonds is 2. The smallest absolute Gasteiger partial charge is 0.200 e. The van der Waals surface area contributed by atoms with E-state index >= 15 is 0 Å². The van der Waals surface area contributed by atoms with E-state index in [1.165, 1.54) is 0 Å². The highest BCUT2D eigenvalue weighted by atomic mass is 19.2. The first-order valence-electron chi connectivity index (χ1n) is 3.79. The molecule has 15 heavy (non-hydrogen) atoms. The van der Waals surface area contributed by atoms with Gasteiger partial charge in [0.25, 0.3) is 0 Å². The van der Waals surface area contributed by atoms with Crippen molar-refractivity contribution in [3.05, 3.63) is 34.6 Å². The van der Waals surface area contributed by atoms with Crippen molar-refractivity contribution in [2.45, 2.75) is 6.04 Å². The fraction of sp³-hybridized carbons (Fsp3) is 0.250. The zero-order chi connectivity index (χ0) is 11.7. The van der Waals surface area contributed by atoms with Crippen LogP contribution in [0.5, 0.6) is 0 Å². The van der Waals surface area contributed by atoms with Crippen molar-refractivity contribution in [1.29, 1.82) is 0 Å². The first kappa shape index (κ1) is 11.9. The summed E-state index contributed by atoms with van der Waals surface area (Å²) < 4.78 is 63.6. The molecule has 0 spiro atoms. The number of hydrogen-bond acceptors (Lipinski definition) is 2. The number of aliphatic hydroxyl groups excluding tert-OH is 1. The van der Waals surface area contributed by atoms with Crippen LogP contribution in [0.25, 0.3) is 0 Å². The van der Waals surface area contributed by atoms with E-state index in [2.05, 4.69) is 0 Å². The molecule has 1 atom stereocenters. The number of nitrogens with two attached hydrogens (primary N) is 1. The number of benzene rings is 1. The molecule has 84 valence electrons.